The summed E-state index contributed by atoms with van der Waals surface area (Å²) in [7, 11) is 1.59. The number of amides is 1. The van der Waals surface area contributed by atoms with E-state index in [1.54, 1.807) is 19.2 Å². The SMILES string of the molecule is COc1ccc(-c2n[nH]c(CNC(=O)c3cc4c([nH]c3=O)CC(C)(C)CC4=O)n2)cc1. The number of aromatic amines is 2. The number of carbonyl (C=O) groups is 2. The van der Waals surface area contributed by atoms with Gasteiger partial charge in [0.15, 0.2) is 11.6 Å². The zero-order valence-corrected chi connectivity index (χ0v) is 17.5. The van der Waals surface area contributed by atoms with Crippen LogP contribution in [0, 0.1) is 5.41 Å². The summed E-state index contributed by atoms with van der Waals surface area (Å²) in [6.45, 7) is 4.01. The minimum Gasteiger partial charge on any atom is -0.497 e. The van der Waals surface area contributed by atoms with Crippen molar-refractivity contribution in [2.24, 2.45) is 5.41 Å². The second-order valence-electron chi connectivity index (χ2n) is 8.36. The number of nitrogens with one attached hydrogen (secondary N) is 3. The maximum Gasteiger partial charge on any atom is 0.261 e. The Balaban J connectivity index is 1.47. The van der Waals surface area contributed by atoms with Crippen molar-refractivity contribution in [3.05, 3.63) is 63.3 Å². The van der Waals surface area contributed by atoms with Crippen LogP contribution in [0.25, 0.3) is 11.4 Å². The molecule has 0 saturated heterocycles. The van der Waals surface area contributed by atoms with Gasteiger partial charge >= 0.3 is 0 Å². The maximum absolute atomic E-state index is 12.6. The number of ether oxygens (including phenoxy) is 1. The molecule has 2 aromatic heterocycles. The van der Waals surface area contributed by atoms with Crippen LogP contribution in [-0.4, -0.2) is 39.0 Å². The Morgan fingerprint density at radius 2 is 1.94 bits per heavy atom. The summed E-state index contributed by atoms with van der Waals surface area (Å²) in [4.78, 5) is 44.5. The molecule has 160 valence electrons. The highest BCUT2D eigenvalue weighted by Crippen LogP contribution is 2.33. The number of methoxy groups -OCH3 is 1. The molecule has 0 fully saturated rings. The maximum atomic E-state index is 12.6. The van der Waals surface area contributed by atoms with Gasteiger partial charge in [-0.25, -0.2) is 4.98 Å². The Labute approximate surface area is 178 Å². The van der Waals surface area contributed by atoms with Gasteiger partial charge in [0.2, 0.25) is 0 Å². The molecule has 0 atom stereocenters. The van der Waals surface area contributed by atoms with E-state index in [1.165, 1.54) is 6.07 Å². The van der Waals surface area contributed by atoms with Crippen LogP contribution in [0.4, 0.5) is 0 Å². The van der Waals surface area contributed by atoms with Gasteiger partial charge in [-0.1, -0.05) is 13.8 Å². The highest BCUT2D eigenvalue weighted by atomic mass is 16.5. The largest absolute Gasteiger partial charge is 0.497 e. The fourth-order valence-corrected chi connectivity index (χ4v) is 3.70. The average molecular weight is 421 g/mol. The first-order chi connectivity index (χ1) is 14.8. The number of hydrogen-bond acceptors (Lipinski definition) is 6. The summed E-state index contributed by atoms with van der Waals surface area (Å²) >= 11 is 0. The van der Waals surface area contributed by atoms with E-state index in [1.807, 2.05) is 26.0 Å². The normalized spacial score (nSPS) is 14.7. The highest BCUT2D eigenvalue weighted by molar-refractivity contribution is 6.02. The Morgan fingerprint density at radius 3 is 2.65 bits per heavy atom. The van der Waals surface area contributed by atoms with E-state index < -0.39 is 11.5 Å². The molecule has 0 saturated carbocycles. The van der Waals surface area contributed by atoms with Crippen LogP contribution in [0.5, 0.6) is 5.75 Å². The fraction of sp³-hybridized carbons (Fsp3) is 0.318. The molecule has 3 aromatic rings. The lowest BCUT2D eigenvalue weighted by atomic mass is 9.75. The third-order valence-corrected chi connectivity index (χ3v) is 5.26. The van der Waals surface area contributed by atoms with E-state index in [9.17, 15) is 14.4 Å². The van der Waals surface area contributed by atoms with Crippen LogP contribution in [0.1, 0.15) is 52.5 Å². The predicted octanol–water partition coefficient (Wildman–Crippen LogP) is 2.25. The van der Waals surface area contributed by atoms with E-state index in [4.69, 9.17) is 4.74 Å². The lowest BCUT2D eigenvalue weighted by Crippen LogP contribution is -2.34. The number of benzene rings is 1. The molecular weight excluding hydrogens is 398 g/mol. The summed E-state index contributed by atoms with van der Waals surface area (Å²) in [6, 6.07) is 8.66. The summed E-state index contributed by atoms with van der Waals surface area (Å²) in [5.74, 6) is 0.988. The summed E-state index contributed by atoms with van der Waals surface area (Å²) < 4.78 is 5.13. The van der Waals surface area contributed by atoms with Crippen molar-refractivity contribution in [1.29, 1.82) is 0 Å². The number of hydrogen-bond donors (Lipinski definition) is 3. The van der Waals surface area contributed by atoms with Crippen molar-refractivity contribution < 1.29 is 14.3 Å². The van der Waals surface area contributed by atoms with Crippen LogP contribution in [0.2, 0.25) is 0 Å². The van der Waals surface area contributed by atoms with E-state index in [-0.39, 0.29) is 23.3 Å². The molecule has 1 aliphatic rings. The zero-order valence-electron chi connectivity index (χ0n) is 17.5. The molecule has 9 nitrogen and oxygen atoms in total. The topological polar surface area (TPSA) is 130 Å². The molecule has 0 unspecified atom stereocenters. The molecule has 0 radical (unpaired) electrons. The molecule has 2 heterocycles. The first kappa shape index (κ1) is 20.5. The Morgan fingerprint density at radius 1 is 1.19 bits per heavy atom. The van der Waals surface area contributed by atoms with E-state index >= 15 is 0 Å². The summed E-state index contributed by atoms with van der Waals surface area (Å²) in [5.41, 5.74) is 0.958. The van der Waals surface area contributed by atoms with Crippen LogP contribution in [-0.2, 0) is 13.0 Å². The molecule has 0 spiro atoms. The van der Waals surface area contributed by atoms with Gasteiger partial charge in [0.25, 0.3) is 11.5 Å². The van der Waals surface area contributed by atoms with Gasteiger partial charge in [-0.05, 0) is 42.2 Å². The molecule has 0 bridgehead atoms. The molecule has 1 aliphatic carbocycles. The number of nitrogens with zero attached hydrogens (tertiary/aromatic N) is 2. The first-order valence-electron chi connectivity index (χ1n) is 9.89. The average Bonchev–Trinajstić information content (AvgIpc) is 3.20. The second kappa shape index (κ2) is 7.82. The van der Waals surface area contributed by atoms with Crippen molar-refractivity contribution in [3.63, 3.8) is 0 Å². The van der Waals surface area contributed by atoms with Crippen LogP contribution < -0.4 is 15.6 Å². The van der Waals surface area contributed by atoms with Gasteiger partial charge < -0.3 is 15.0 Å². The van der Waals surface area contributed by atoms with Gasteiger partial charge in [-0.15, -0.1) is 0 Å². The monoisotopic (exact) mass is 421 g/mol. The van der Waals surface area contributed by atoms with E-state index in [0.717, 1.165) is 11.3 Å². The molecular formula is C22H23N5O4. The molecule has 9 heteroatoms. The molecule has 1 amide bonds. The van der Waals surface area contributed by atoms with Crippen molar-refractivity contribution in [3.8, 4) is 17.1 Å². The lowest BCUT2D eigenvalue weighted by molar-refractivity contribution is 0.0910. The molecule has 0 aliphatic heterocycles. The van der Waals surface area contributed by atoms with Gasteiger partial charge in [-0.2, -0.15) is 5.10 Å². The van der Waals surface area contributed by atoms with E-state index in [0.29, 0.717) is 35.7 Å². The Hall–Kier alpha value is -3.75. The minimum atomic E-state index is -0.580. The number of fused-ring (bicyclic) bond motifs is 1. The van der Waals surface area contributed by atoms with Gasteiger partial charge in [-0.3, -0.25) is 19.5 Å². The number of carbonyl (C=O) groups excluding carboxylic acids is 2. The number of rotatable bonds is 5. The standard InChI is InChI=1S/C22H23N5O4/c1-22(2)9-16-14(17(28)10-22)8-15(21(30)24-16)20(29)23-11-18-25-19(27-26-18)12-4-6-13(31-3)7-5-12/h4-8H,9-11H2,1-3H3,(H,23,29)(H,24,30)(H,25,26,27). The zero-order chi connectivity index (χ0) is 22.2. The van der Waals surface area contributed by atoms with Gasteiger partial charge in [0.05, 0.1) is 13.7 Å². The van der Waals surface area contributed by atoms with Crippen molar-refractivity contribution >= 4 is 11.7 Å². The number of H-pyrrole nitrogens is 2. The smallest absolute Gasteiger partial charge is 0.261 e. The quantitative estimate of drug-likeness (QED) is 0.579. The van der Waals surface area contributed by atoms with Gasteiger partial charge in [0.1, 0.15) is 17.1 Å². The highest BCUT2D eigenvalue weighted by Gasteiger charge is 2.32. The lowest BCUT2D eigenvalue weighted by Gasteiger charge is -2.29. The van der Waals surface area contributed by atoms with E-state index in [2.05, 4.69) is 25.5 Å². The van der Waals surface area contributed by atoms with Crippen LogP contribution >= 0.6 is 0 Å². The van der Waals surface area contributed by atoms with Crippen LogP contribution in [0.3, 0.4) is 0 Å². The third-order valence-electron chi connectivity index (χ3n) is 5.26. The molecule has 31 heavy (non-hydrogen) atoms. The number of aromatic nitrogens is 4. The van der Waals surface area contributed by atoms with Crippen molar-refractivity contribution in [1.82, 2.24) is 25.5 Å². The first-order valence-corrected chi connectivity index (χ1v) is 9.89. The Kier molecular flexibility index (Phi) is 5.18. The number of pyridine rings is 1. The van der Waals surface area contributed by atoms with Crippen molar-refractivity contribution in [2.75, 3.05) is 7.11 Å². The van der Waals surface area contributed by atoms with Gasteiger partial charge in [0, 0.05) is 23.2 Å². The minimum absolute atomic E-state index is 0.0550. The summed E-state index contributed by atoms with van der Waals surface area (Å²) in [6.07, 6.45) is 0.955. The predicted molar refractivity (Wildman–Crippen MR) is 113 cm³/mol. The summed E-state index contributed by atoms with van der Waals surface area (Å²) in [5, 5.41) is 9.58. The molecule has 1 aromatic carbocycles. The van der Waals surface area contributed by atoms with Crippen LogP contribution in [0.15, 0.2) is 35.1 Å². The molecule has 4 rings (SSSR count). The second-order valence-corrected chi connectivity index (χ2v) is 8.36. The number of Topliss-reactive ketones (excluding diaryl/α,β-unsaturated/α-hetero) is 1. The Bertz CT molecular complexity index is 1210. The third kappa shape index (κ3) is 4.25. The number of ketones is 1. The molecule has 3 N–H and O–H groups in total. The van der Waals surface area contributed by atoms with Crippen molar-refractivity contribution in [2.45, 2.75) is 33.2 Å². The fourth-order valence-electron chi connectivity index (χ4n) is 3.70.